The molecule has 0 saturated heterocycles. The Labute approximate surface area is 121 Å². The normalized spacial score (nSPS) is 13.5. The SMILES string of the molecule is COc1ccc(C(C)NC(=O)NC(C)CO)cc1Br. The van der Waals surface area contributed by atoms with Crippen LogP contribution in [0.25, 0.3) is 0 Å². The molecule has 106 valence electrons. The van der Waals surface area contributed by atoms with Crippen LogP contribution in [0.2, 0.25) is 0 Å². The summed E-state index contributed by atoms with van der Waals surface area (Å²) in [5.41, 5.74) is 0.958. The number of urea groups is 1. The summed E-state index contributed by atoms with van der Waals surface area (Å²) >= 11 is 3.41. The summed E-state index contributed by atoms with van der Waals surface area (Å²) in [6, 6.07) is 4.92. The van der Waals surface area contributed by atoms with Crippen molar-refractivity contribution in [2.45, 2.75) is 25.9 Å². The maximum Gasteiger partial charge on any atom is 0.315 e. The van der Waals surface area contributed by atoms with Gasteiger partial charge >= 0.3 is 6.03 Å². The molecule has 1 aromatic rings. The Balaban J connectivity index is 2.65. The van der Waals surface area contributed by atoms with Crippen LogP contribution in [-0.4, -0.2) is 30.9 Å². The van der Waals surface area contributed by atoms with E-state index in [0.717, 1.165) is 15.8 Å². The first kappa shape index (κ1) is 15.8. The number of halogens is 1. The molecule has 0 aromatic heterocycles. The number of nitrogens with one attached hydrogen (secondary N) is 2. The van der Waals surface area contributed by atoms with Gasteiger partial charge in [-0.2, -0.15) is 0 Å². The number of carbonyl (C=O) groups excluding carboxylic acids is 1. The summed E-state index contributed by atoms with van der Waals surface area (Å²) in [4.78, 5) is 11.6. The van der Waals surface area contributed by atoms with Gasteiger partial charge in [-0.15, -0.1) is 0 Å². The van der Waals surface area contributed by atoms with Gasteiger partial charge in [-0.1, -0.05) is 6.07 Å². The van der Waals surface area contributed by atoms with Crippen LogP contribution < -0.4 is 15.4 Å². The number of hydrogen-bond acceptors (Lipinski definition) is 3. The maximum atomic E-state index is 11.6. The van der Waals surface area contributed by atoms with E-state index in [2.05, 4.69) is 26.6 Å². The van der Waals surface area contributed by atoms with Gasteiger partial charge in [0.05, 0.1) is 30.3 Å². The molecule has 2 unspecified atom stereocenters. The van der Waals surface area contributed by atoms with Gasteiger partial charge in [-0.25, -0.2) is 4.79 Å². The van der Waals surface area contributed by atoms with E-state index < -0.39 is 0 Å². The standard InChI is InChI=1S/C13H19BrN2O3/c1-8(7-17)15-13(18)16-9(2)10-4-5-12(19-3)11(14)6-10/h4-6,8-9,17H,7H2,1-3H3,(H2,15,16,18). The maximum absolute atomic E-state index is 11.6. The van der Waals surface area contributed by atoms with E-state index in [9.17, 15) is 4.79 Å². The topological polar surface area (TPSA) is 70.6 Å². The number of rotatable bonds is 5. The van der Waals surface area contributed by atoms with Crippen molar-refractivity contribution in [3.8, 4) is 5.75 Å². The fourth-order valence-corrected chi connectivity index (χ4v) is 2.10. The zero-order valence-electron chi connectivity index (χ0n) is 11.2. The minimum Gasteiger partial charge on any atom is -0.496 e. The third-order valence-corrected chi connectivity index (χ3v) is 3.29. The van der Waals surface area contributed by atoms with E-state index in [1.54, 1.807) is 14.0 Å². The molecule has 5 nitrogen and oxygen atoms in total. The minimum atomic E-state index is -0.305. The average molecular weight is 331 g/mol. The van der Waals surface area contributed by atoms with Gasteiger partial charge in [-0.05, 0) is 47.5 Å². The van der Waals surface area contributed by atoms with Crippen LogP contribution in [0.3, 0.4) is 0 Å². The smallest absolute Gasteiger partial charge is 0.315 e. The molecule has 0 fully saturated rings. The molecule has 6 heteroatoms. The first-order chi connectivity index (χ1) is 8.97. The fourth-order valence-electron chi connectivity index (χ4n) is 1.54. The molecular weight excluding hydrogens is 312 g/mol. The highest BCUT2D eigenvalue weighted by atomic mass is 79.9. The number of benzene rings is 1. The molecule has 1 rings (SSSR count). The number of aliphatic hydroxyl groups excluding tert-OH is 1. The molecule has 0 saturated carbocycles. The molecule has 19 heavy (non-hydrogen) atoms. The second-order valence-electron chi connectivity index (χ2n) is 4.32. The van der Waals surface area contributed by atoms with Crippen molar-refractivity contribution in [3.63, 3.8) is 0 Å². The van der Waals surface area contributed by atoms with E-state index in [-0.39, 0.29) is 24.7 Å². The van der Waals surface area contributed by atoms with Crippen molar-refractivity contribution in [1.82, 2.24) is 10.6 Å². The van der Waals surface area contributed by atoms with Crippen molar-refractivity contribution in [1.29, 1.82) is 0 Å². The molecule has 2 atom stereocenters. The Bertz CT molecular complexity index is 440. The van der Waals surface area contributed by atoms with E-state index in [4.69, 9.17) is 9.84 Å². The van der Waals surface area contributed by atoms with E-state index in [0.29, 0.717) is 0 Å². The van der Waals surface area contributed by atoms with Crippen LogP contribution in [0.4, 0.5) is 4.79 Å². The van der Waals surface area contributed by atoms with Gasteiger partial charge in [0.25, 0.3) is 0 Å². The van der Waals surface area contributed by atoms with Gasteiger partial charge in [0.15, 0.2) is 0 Å². The van der Waals surface area contributed by atoms with Crippen LogP contribution in [0.5, 0.6) is 5.75 Å². The lowest BCUT2D eigenvalue weighted by molar-refractivity contribution is 0.218. The predicted molar refractivity (Wildman–Crippen MR) is 77.3 cm³/mol. The summed E-state index contributed by atoms with van der Waals surface area (Å²) in [7, 11) is 1.60. The average Bonchev–Trinajstić information content (AvgIpc) is 2.38. The number of hydrogen-bond donors (Lipinski definition) is 3. The Kier molecular flexibility index (Phi) is 6.11. The molecular formula is C13H19BrN2O3. The molecule has 0 aliphatic carbocycles. The highest BCUT2D eigenvalue weighted by molar-refractivity contribution is 9.10. The van der Waals surface area contributed by atoms with E-state index in [1.165, 1.54) is 0 Å². The third kappa shape index (κ3) is 4.72. The minimum absolute atomic E-state index is 0.0874. The van der Waals surface area contributed by atoms with Crippen LogP contribution in [0.1, 0.15) is 25.5 Å². The molecule has 0 bridgehead atoms. The molecule has 3 N–H and O–H groups in total. The van der Waals surface area contributed by atoms with E-state index >= 15 is 0 Å². The van der Waals surface area contributed by atoms with Crippen molar-refractivity contribution < 1.29 is 14.6 Å². The van der Waals surface area contributed by atoms with Crippen LogP contribution in [0.15, 0.2) is 22.7 Å². The van der Waals surface area contributed by atoms with Gasteiger partial charge in [0, 0.05) is 0 Å². The molecule has 0 radical (unpaired) electrons. The monoisotopic (exact) mass is 330 g/mol. The molecule has 0 aliphatic heterocycles. The lowest BCUT2D eigenvalue weighted by Crippen LogP contribution is -2.43. The molecule has 0 aliphatic rings. The largest absolute Gasteiger partial charge is 0.496 e. The van der Waals surface area contributed by atoms with Gasteiger partial charge in [-0.3, -0.25) is 0 Å². The third-order valence-electron chi connectivity index (χ3n) is 2.67. The van der Waals surface area contributed by atoms with Crippen LogP contribution >= 0.6 is 15.9 Å². The lowest BCUT2D eigenvalue weighted by atomic mass is 10.1. The second-order valence-corrected chi connectivity index (χ2v) is 5.17. The van der Waals surface area contributed by atoms with Crippen molar-refractivity contribution in [3.05, 3.63) is 28.2 Å². The van der Waals surface area contributed by atoms with Crippen molar-refractivity contribution in [2.75, 3.05) is 13.7 Å². The zero-order chi connectivity index (χ0) is 14.4. The summed E-state index contributed by atoms with van der Waals surface area (Å²) in [6.07, 6.45) is 0. The summed E-state index contributed by atoms with van der Waals surface area (Å²) < 4.78 is 5.99. The quantitative estimate of drug-likeness (QED) is 0.775. The predicted octanol–water partition coefficient (Wildman–Crippen LogP) is 2.20. The van der Waals surface area contributed by atoms with Gasteiger partial charge in [0.1, 0.15) is 5.75 Å². The lowest BCUT2D eigenvalue weighted by Gasteiger charge is -2.18. The number of aliphatic hydroxyl groups is 1. The zero-order valence-corrected chi connectivity index (χ0v) is 12.8. The molecule has 0 spiro atoms. The second kappa shape index (κ2) is 7.35. The first-order valence-electron chi connectivity index (χ1n) is 5.99. The summed E-state index contributed by atoms with van der Waals surface area (Å²) in [5.74, 6) is 0.745. The fraction of sp³-hybridized carbons (Fsp3) is 0.462. The Morgan fingerprint density at radius 1 is 1.42 bits per heavy atom. The van der Waals surface area contributed by atoms with E-state index in [1.807, 2.05) is 25.1 Å². The highest BCUT2D eigenvalue weighted by Crippen LogP contribution is 2.27. The summed E-state index contributed by atoms with van der Waals surface area (Å²) in [5, 5.41) is 14.3. The number of amides is 2. The number of ether oxygens (including phenoxy) is 1. The molecule has 0 heterocycles. The van der Waals surface area contributed by atoms with Crippen molar-refractivity contribution >= 4 is 22.0 Å². The first-order valence-corrected chi connectivity index (χ1v) is 6.78. The Morgan fingerprint density at radius 2 is 2.11 bits per heavy atom. The highest BCUT2D eigenvalue weighted by Gasteiger charge is 2.12. The van der Waals surface area contributed by atoms with Crippen LogP contribution in [-0.2, 0) is 0 Å². The number of carbonyl (C=O) groups is 1. The van der Waals surface area contributed by atoms with Gasteiger partial charge < -0.3 is 20.5 Å². The Morgan fingerprint density at radius 3 is 2.63 bits per heavy atom. The Hall–Kier alpha value is -1.27. The van der Waals surface area contributed by atoms with Gasteiger partial charge in [0.2, 0.25) is 0 Å². The van der Waals surface area contributed by atoms with Crippen molar-refractivity contribution in [2.24, 2.45) is 0 Å². The summed E-state index contributed by atoms with van der Waals surface area (Å²) in [6.45, 7) is 3.53. The molecule has 2 amide bonds. The molecule has 1 aromatic carbocycles. The number of methoxy groups -OCH3 is 1. The van der Waals surface area contributed by atoms with Crippen LogP contribution in [0, 0.1) is 0 Å².